The molecule has 1 saturated heterocycles. The van der Waals surface area contributed by atoms with Gasteiger partial charge in [-0.3, -0.25) is 9.59 Å². The Morgan fingerprint density at radius 3 is 2.91 bits per heavy atom. The van der Waals surface area contributed by atoms with Crippen molar-refractivity contribution >= 4 is 27.7 Å². The fraction of sp³-hybridized carbons (Fsp3) is 0.286. The molecule has 1 aliphatic heterocycles. The Balaban J connectivity index is 1.84. The fourth-order valence-electron chi connectivity index (χ4n) is 2.48. The molecule has 22 heavy (non-hydrogen) atoms. The van der Waals surface area contributed by atoms with Crippen molar-refractivity contribution in [1.82, 2.24) is 15.1 Å². The van der Waals surface area contributed by atoms with Crippen LogP contribution in [-0.2, 0) is 4.79 Å². The van der Waals surface area contributed by atoms with Crippen LogP contribution in [0.2, 0.25) is 0 Å². The summed E-state index contributed by atoms with van der Waals surface area (Å²) in [5, 5.41) is 7.67. The van der Waals surface area contributed by atoms with Gasteiger partial charge >= 0.3 is 11.8 Å². The van der Waals surface area contributed by atoms with E-state index in [1.807, 2.05) is 18.2 Å². The minimum atomic E-state index is -0.603. The van der Waals surface area contributed by atoms with Gasteiger partial charge in [-0.05, 0) is 31.0 Å². The Morgan fingerprint density at radius 1 is 1.36 bits per heavy atom. The highest BCUT2D eigenvalue weighted by molar-refractivity contribution is 9.10. The molecule has 2 aromatic rings. The van der Waals surface area contributed by atoms with E-state index in [4.69, 9.17) is 10.2 Å². The summed E-state index contributed by atoms with van der Waals surface area (Å²) < 4.78 is 6.31. The van der Waals surface area contributed by atoms with Gasteiger partial charge in [-0.2, -0.15) is 0 Å². The molecule has 2 N–H and O–H groups in total. The third-order valence-corrected chi connectivity index (χ3v) is 4.01. The van der Waals surface area contributed by atoms with Crippen LogP contribution in [-0.4, -0.2) is 39.5 Å². The van der Waals surface area contributed by atoms with Crippen LogP contribution in [0.4, 0.5) is 0 Å². The topological polar surface area (TPSA) is 102 Å². The second-order valence-corrected chi connectivity index (χ2v) is 5.90. The van der Waals surface area contributed by atoms with Gasteiger partial charge in [0.05, 0.1) is 0 Å². The smallest absolute Gasteiger partial charge is 0.312 e. The molecule has 0 unspecified atom stereocenters. The van der Waals surface area contributed by atoms with Crippen LogP contribution in [0, 0.1) is 0 Å². The molecular formula is C14H13BrN4O3. The Bertz CT molecular complexity index is 730. The molecule has 8 heteroatoms. The van der Waals surface area contributed by atoms with Gasteiger partial charge in [0.2, 0.25) is 11.8 Å². The lowest BCUT2D eigenvalue weighted by atomic mass is 10.2. The second-order valence-electron chi connectivity index (χ2n) is 4.98. The Hall–Kier alpha value is -2.22. The van der Waals surface area contributed by atoms with Crippen LogP contribution in [0.25, 0.3) is 11.5 Å². The molecule has 0 radical (unpaired) electrons. The first-order valence-corrected chi connectivity index (χ1v) is 7.55. The van der Waals surface area contributed by atoms with Crippen LogP contribution in [0.3, 0.4) is 0 Å². The zero-order chi connectivity index (χ0) is 15.7. The molecule has 7 nitrogen and oxygen atoms in total. The van der Waals surface area contributed by atoms with Crippen molar-refractivity contribution in [2.24, 2.45) is 5.73 Å². The molecule has 1 aliphatic rings. The predicted octanol–water partition coefficient (Wildman–Crippen LogP) is 1.59. The third-order valence-electron chi connectivity index (χ3n) is 3.52. The van der Waals surface area contributed by atoms with Crippen LogP contribution in [0.5, 0.6) is 0 Å². The number of aromatic nitrogens is 2. The number of nitrogens with two attached hydrogens (primary N) is 1. The molecule has 1 aromatic heterocycles. The average Bonchev–Trinajstić information content (AvgIpc) is 3.16. The van der Waals surface area contributed by atoms with Crippen LogP contribution < -0.4 is 5.73 Å². The largest absolute Gasteiger partial charge is 0.412 e. The van der Waals surface area contributed by atoms with Gasteiger partial charge in [0.25, 0.3) is 0 Å². The van der Waals surface area contributed by atoms with E-state index in [0.717, 1.165) is 10.9 Å². The molecule has 1 aromatic carbocycles. The van der Waals surface area contributed by atoms with Crippen LogP contribution >= 0.6 is 15.9 Å². The summed E-state index contributed by atoms with van der Waals surface area (Å²) in [6.45, 7) is 0.459. The maximum Gasteiger partial charge on any atom is 0.312 e. The van der Waals surface area contributed by atoms with Crippen molar-refractivity contribution in [1.29, 1.82) is 0 Å². The number of likely N-dealkylation sites (tertiary alicyclic amines) is 1. The zero-order valence-corrected chi connectivity index (χ0v) is 13.1. The van der Waals surface area contributed by atoms with Crippen LogP contribution in [0.1, 0.15) is 23.5 Å². The molecule has 2 heterocycles. The maximum absolute atomic E-state index is 12.4. The lowest BCUT2D eigenvalue weighted by molar-refractivity contribution is -0.121. The third kappa shape index (κ3) is 2.74. The highest BCUT2D eigenvalue weighted by Crippen LogP contribution is 2.24. The summed E-state index contributed by atoms with van der Waals surface area (Å²) in [5.41, 5.74) is 6.01. The SMILES string of the molecule is NC(=O)[C@H]1CCCN1C(=O)c1nnc(-c2cccc(Br)c2)o1. The quantitative estimate of drug-likeness (QED) is 0.890. The molecule has 2 amide bonds. The molecule has 114 valence electrons. The molecule has 0 spiro atoms. The minimum absolute atomic E-state index is 0.136. The molecule has 1 atom stereocenters. The number of nitrogens with zero attached hydrogens (tertiary/aromatic N) is 3. The number of amides is 2. The number of hydrogen-bond acceptors (Lipinski definition) is 5. The van der Waals surface area contributed by atoms with E-state index in [2.05, 4.69) is 26.1 Å². The van der Waals surface area contributed by atoms with Crippen molar-refractivity contribution < 1.29 is 14.0 Å². The van der Waals surface area contributed by atoms with Gasteiger partial charge in [0.1, 0.15) is 6.04 Å². The van der Waals surface area contributed by atoms with Crippen molar-refractivity contribution in [3.05, 3.63) is 34.6 Å². The first kappa shape index (κ1) is 14.7. The first-order valence-electron chi connectivity index (χ1n) is 6.76. The molecule has 0 bridgehead atoms. The molecule has 3 rings (SSSR count). The lowest BCUT2D eigenvalue weighted by Gasteiger charge is -2.19. The standard InChI is InChI=1S/C14H13BrN4O3/c15-9-4-1-3-8(7-9)12-17-18-13(22-12)14(21)19-6-2-5-10(19)11(16)20/h1,3-4,7,10H,2,5-6H2,(H2,16,20)/t10-/m1/s1. The highest BCUT2D eigenvalue weighted by atomic mass is 79.9. The Labute approximate surface area is 134 Å². The summed E-state index contributed by atoms with van der Waals surface area (Å²) >= 11 is 3.36. The molecule has 1 fully saturated rings. The Kier molecular flexibility index (Phi) is 3.93. The number of halogens is 1. The summed E-state index contributed by atoms with van der Waals surface area (Å²) in [4.78, 5) is 25.1. The molecular weight excluding hydrogens is 352 g/mol. The number of carbonyl (C=O) groups excluding carboxylic acids is 2. The number of rotatable bonds is 3. The summed E-state index contributed by atoms with van der Waals surface area (Å²) in [6, 6.07) is 6.70. The fourth-order valence-corrected chi connectivity index (χ4v) is 2.88. The zero-order valence-electron chi connectivity index (χ0n) is 11.5. The highest BCUT2D eigenvalue weighted by Gasteiger charge is 2.35. The number of benzene rings is 1. The van der Waals surface area contributed by atoms with Gasteiger partial charge in [-0.25, -0.2) is 0 Å². The average molecular weight is 365 g/mol. The molecule has 0 aliphatic carbocycles. The number of hydrogen-bond donors (Lipinski definition) is 1. The van der Waals surface area contributed by atoms with E-state index in [9.17, 15) is 9.59 Å². The van der Waals surface area contributed by atoms with Gasteiger partial charge in [-0.15, -0.1) is 10.2 Å². The van der Waals surface area contributed by atoms with Gasteiger partial charge in [0.15, 0.2) is 0 Å². The Morgan fingerprint density at radius 2 is 2.18 bits per heavy atom. The van der Waals surface area contributed by atoms with Crippen LogP contribution in [0.15, 0.2) is 33.2 Å². The normalized spacial score (nSPS) is 17.7. The van der Waals surface area contributed by atoms with Gasteiger partial charge in [-0.1, -0.05) is 22.0 Å². The van der Waals surface area contributed by atoms with Crippen molar-refractivity contribution in [3.63, 3.8) is 0 Å². The lowest BCUT2D eigenvalue weighted by Crippen LogP contribution is -2.43. The monoisotopic (exact) mass is 364 g/mol. The minimum Gasteiger partial charge on any atom is -0.412 e. The van der Waals surface area contributed by atoms with E-state index >= 15 is 0 Å². The second kappa shape index (κ2) is 5.88. The number of primary amides is 1. The van der Waals surface area contributed by atoms with E-state index in [-0.39, 0.29) is 11.8 Å². The van der Waals surface area contributed by atoms with E-state index in [1.54, 1.807) is 6.07 Å². The van der Waals surface area contributed by atoms with E-state index in [1.165, 1.54) is 4.90 Å². The molecule has 0 saturated carbocycles. The van der Waals surface area contributed by atoms with Crippen molar-refractivity contribution in [3.8, 4) is 11.5 Å². The summed E-state index contributed by atoms with van der Waals surface area (Å²) in [6.07, 6.45) is 1.29. The first-order chi connectivity index (χ1) is 10.6. The van der Waals surface area contributed by atoms with E-state index in [0.29, 0.717) is 18.5 Å². The van der Waals surface area contributed by atoms with E-state index < -0.39 is 17.9 Å². The summed E-state index contributed by atoms with van der Waals surface area (Å²) in [7, 11) is 0. The number of carbonyl (C=O) groups is 2. The predicted molar refractivity (Wildman–Crippen MR) is 80.7 cm³/mol. The van der Waals surface area contributed by atoms with Gasteiger partial charge < -0.3 is 15.1 Å². The maximum atomic E-state index is 12.4. The van der Waals surface area contributed by atoms with Crippen molar-refractivity contribution in [2.75, 3.05) is 6.54 Å². The van der Waals surface area contributed by atoms with Gasteiger partial charge in [0, 0.05) is 16.6 Å². The van der Waals surface area contributed by atoms with Crippen molar-refractivity contribution in [2.45, 2.75) is 18.9 Å². The summed E-state index contributed by atoms with van der Waals surface area (Å²) in [5.74, 6) is -0.866.